The summed E-state index contributed by atoms with van der Waals surface area (Å²) in [7, 11) is 0. The molecule has 2 heterocycles. The molecule has 4 rings (SSSR count). The monoisotopic (exact) mass is 441 g/mol. The molecule has 6 nitrogen and oxygen atoms in total. The molecule has 0 saturated heterocycles. The third-order valence-corrected chi connectivity index (χ3v) is 6.17. The molecular formula is C22H22ClN4O2S+. The summed E-state index contributed by atoms with van der Waals surface area (Å²) in [5.74, 6) is 0.709. The van der Waals surface area contributed by atoms with Gasteiger partial charge in [-0.05, 0) is 35.4 Å². The summed E-state index contributed by atoms with van der Waals surface area (Å²) >= 11 is 7.77. The average Bonchev–Trinajstić information content (AvgIpc) is 2.72. The van der Waals surface area contributed by atoms with E-state index in [1.165, 1.54) is 18.7 Å². The molecule has 0 spiro atoms. The SMILES string of the molecule is CCCCSc1n[n+]2c(c(=O)[nH]1)-c1ccccc1N(C(C)=O)[C@@H]2c1cccc(Cl)c1. The molecule has 8 heteroatoms. The quantitative estimate of drug-likeness (QED) is 0.366. The smallest absolute Gasteiger partial charge is 0.291 e. The van der Waals surface area contributed by atoms with Crippen molar-refractivity contribution in [3.8, 4) is 11.3 Å². The highest BCUT2D eigenvalue weighted by Gasteiger charge is 2.44. The number of nitrogens with zero attached hydrogens (tertiary/aromatic N) is 3. The van der Waals surface area contributed by atoms with Gasteiger partial charge in [0, 0.05) is 28.4 Å². The third-order valence-electron chi connectivity index (χ3n) is 4.98. The third kappa shape index (κ3) is 3.75. The summed E-state index contributed by atoms with van der Waals surface area (Å²) in [6.45, 7) is 3.64. The minimum Gasteiger partial charge on any atom is -0.291 e. The van der Waals surface area contributed by atoms with Gasteiger partial charge in [-0.1, -0.05) is 61.0 Å². The van der Waals surface area contributed by atoms with Crippen LogP contribution >= 0.6 is 23.4 Å². The Morgan fingerprint density at radius 1 is 1.27 bits per heavy atom. The number of aromatic amines is 1. The van der Waals surface area contributed by atoms with Crippen LogP contribution in [0.4, 0.5) is 5.69 Å². The van der Waals surface area contributed by atoms with Crippen molar-refractivity contribution < 1.29 is 9.48 Å². The summed E-state index contributed by atoms with van der Waals surface area (Å²) in [5, 5.41) is 5.84. The Hall–Kier alpha value is -2.64. The van der Waals surface area contributed by atoms with Crippen LogP contribution in [-0.4, -0.2) is 21.7 Å². The Morgan fingerprint density at radius 3 is 2.80 bits per heavy atom. The van der Waals surface area contributed by atoms with E-state index in [-0.39, 0.29) is 11.5 Å². The van der Waals surface area contributed by atoms with Gasteiger partial charge in [0.15, 0.2) is 0 Å². The minimum absolute atomic E-state index is 0.146. The second-order valence-electron chi connectivity index (χ2n) is 7.09. The van der Waals surface area contributed by atoms with Crippen molar-refractivity contribution in [1.82, 2.24) is 10.1 Å². The Balaban J connectivity index is 1.98. The van der Waals surface area contributed by atoms with E-state index in [0.717, 1.165) is 24.2 Å². The highest BCUT2D eigenvalue weighted by molar-refractivity contribution is 7.99. The largest absolute Gasteiger partial charge is 0.325 e. The van der Waals surface area contributed by atoms with Crippen LogP contribution in [0.5, 0.6) is 0 Å². The van der Waals surface area contributed by atoms with Gasteiger partial charge in [-0.2, -0.15) is 0 Å². The number of nitrogens with one attached hydrogen (secondary N) is 1. The van der Waals surface area contributed by atoms with Crippen LogP contribution in [0, 0.1) is 0 Å². The zero-order valence-corrected chi connectivity index (χ0v) is 18.3. The first kappa shape index (κ1) is 20.6. The summed E-state index contributed by atoms with van der Waals surface area (Å²) in [4.78, 5) is 30.5. The number of halogens is 1. The standard InChI is InChI=1S/C22H21ClN4O2S/c1-3-4-12-30-22-24-20(29)19-17-10-5-6-11-18(17)26(14(2)28)21(27(19)25-22)15-8-7-9-16(23)13-15/h5-11,13,21H,3-4,12H2,1-2H3/p+1/t21-/m0/s1. The summed E-state index contributed by atoms with van der Waals surface area (Å²) in [6.07, 6.45) is 1.47. The number of amides is 1. The number of anilines is 1. The Labute approximate surface area is 183 Å². The number of aromatic nitrogens is 3. The Morgan fingerprint density at radius 2 is 2.07 bits per heavy atom. The highest BCUT2D eigenvalue weighted by Crippen LogP contribution is 2.37. The lowest BCUT2D eigenvalue weighted by atomic mass is 10.0. The maximum atomic E-state index is 13.1. The van der Waals surface area contributed by atoms with Crippen molar-refractivity contribution in [1.29, 1.82) is 0 Å². The summed E-state index contributed by atoms with van der Waals surface area (Å²) in [6, 6.07) is 14.7. The predicted molar refractivity (Wildman–Crippen MR) is 119 cm³/mol. The van der Waals surface area contributed by atoms with Gasteiger partial charge in [0.05, 0.1) is 11.3 Å². The molecule has 1 atom stereocenters. The summed E-state index contributed by atoms with van der Waals surface area (Å²) in [5.41, 5.74) is 2.32. The van der Waals surface area contributed by atoms with Gasteiger partial charge in [-0.3, -0.25) is 14.6 Å². The second-order valence-corrected chi connectivity index (χ2v) is 8.61. The van der Waals surface area contributed by atoms with E-state index in [9.17, 15) is 9.59 Å². The summed E-state index contributed by atoms with van der Waals surface area (Å²) < 4.78 is 1.66. The molecule has 1 aromatic heterocycles. The number of para-hydroxylation sites is 1. The first-order valence-electron chi connectivity index (χ1n) is 9.85. The molecule has 2 aromatic carbocycles. The number of carbonyl (C=O) groups is 1. The van der Waals surface area contributed by atoms with Gasteiger partial charge in [0.1, 0.15) is 0 Å². The van der Waals surface area contributed by atoms with Gasteiger partial charge in [0.25, 0.3) is 6.17 Å². The lowest BCUT2D eigenvalue weighted by Crippen LogP contribution is -2.60. The topological polar surface area (TPSA) is 69.9 Å². The van der Waals surface area contributed by atoms with Gasteiger partial charge in [0.2, 0.25) is 11.1 Å². The van der Waals surface area contributed by atoms with Gasteiger partial charge >= 0.3 is 11.3 Å². The maximum absolute atomic E-state index is 13.1. The predicted octanol–water partition coefficient (Wildman–Crippen LogP) is 4.18. The molecule has 0 radical (unpaired) electrons. The number of hydrogen-bond donors (Lipinski definition) is 1. The first-order valence-corrected chi connectivity index (χ1v) is 11.2. The number of rotatable bonds is 5. The van der Waals surface area contributed by atoms with Crippen LogP contribution in [-0.2, 0) is 4.79 Å². The van der Waals surface area contributed by atoms with E-state index in [4.69, 9.17) is 16.7 Å². The van der Waals surface area contributed by atoms with E-state index in [1.54, 1.807) is 21.7 Å². The number of fused-ring (bicyclic) bond motifs is 3. The van der Waals surface area contributed by atoms with Gasteiger partial charge < -0.3 is 0 Å². The van der Waals surface area contributed by atoms with Crippen molar-refractivity contribution in [2.75, 3.05) is 10.7 Å². The molecule has 1 aliphatic heterocycles. The van der Waals surface area contributed by atoms with Crippen LogP contribution in [0.25, 0.3) is 11.3 Å². The molecule has 3 aromatic rings. The van der Waals surface area contributed by atoms with Gasteiger partial charge in [-0.15, -0.1) is 0 Å². The lowest BCUT2D eigenvalue weighted by molar-refractivity contribution is -0.763. The number of benzene rings is 2. The average molecular weight is 442 g/mol. The molecule has 0 aliphatic carbocycles. The Bertz CT molecular complexity index is 1160. The van der Waals surface area contributed by atoms with Crippen LogP contribution in [0.1, 0.15) is 38.4 Å². The van der Waals surface area contributed by atoms with E-state index in [1.807, 2.05) is 36.4 Å². The van der Waals surface area contributed by atoms with Crippen molar-refractivity contribution in [2.45, 2.75) is 38.0 Å². The normalized spacial score (nSPS) is 14.9. The Kier molecular flexibility index (Phi) is 5.92. The molecule has 1 amide bonds. The van der Waals surface area contributed by atoms with E-state index in [2.05, 4.69) is 11.9 Å². The van der Waals surface area contributed by atoms with Crippen LogP contribution in [0.15, 0.2) is 58.5 Å². The van der Waals surface area contributed by atoms with E-state index < -0.39 is 6.17 Å². The van der Waals surface area contributed by atoms with Crippen LogP contribution in [0.3, 0.4) is 0 Å². The molecule has 0 saturated carbocycles. The van der Waals surface area contributed by atoms with Crippen molar-refractivity contribution in [3.63, 3.8) is 0 Å². The molecular weight excluding hydrogens is 420 g/mol. The molecule has 0 fully saturated rings. The van der Waals surface area contributed by atoms with Crippen molar-refractivity contribution >= 4 is 35.0 Å². The van der Waals surface area contributed by atoms with Gasteiger partial charge in [-0.25, -0.2) is 4.90 Å². The van der Waals surface area contributed by atoms with Crippen LogP contribution in [0.2, 0.25) is 5.02 Å². The fraction of sp³-hybridized carbons (Fsp3) is 0.273. The zero-order chi connectivity index (χ0) is 21.3. The number of thioether (sulfide) groups is 1. The molecule has 0 unspecified atom stereocenters. The number of carbonyl (C=O) groups excluding carboxylic acids is 1. The minimum atomic E-state index is -0.612. The van der Waals surface area contributed by atoms with Crippen molar-refractivity contribution in [3.05, 3.63) is 69.5 Å². The zero-order valence-electron chi connectivity index (χ0n) is 16.8. The molecule has 1 aliphatic rings. The lowest BCUT2D eigenvalue weighted by Gasteiger charge is -2.31. The molecule has 154 valence electrons. The first-order chi connectivity index (χ1) is 14.5. The molecule has 0 bridgehead atoms. The van der Waals surface area contributed by atoms with Crippen molar-refractivity contribution in [2.24, 2.45) is 0 Å². The number of hydrogen-bond acceptors (Lipinski definition) is 4. The number of H-pyrrole nitrogens is 1. The van der Waals surface area contributed by atoms with Crippen LogP contribution < -0.4 is 15.1 Å². The fourth-order valence-electron chi connectivity index (χ4n) is 3.66. The molecule has 30 heavy (non-hydrogen) atoms. The fourth-order valence-corrected chi connectivity index (χ4v) is 4.79. The van der Waals surface area contributed by atoms with E-state index >= 15 is 0 Å². The number of unbranched alkanes of at least 4 members (excludes halogenated alkanes) is 1. The maximum Gasteiger partial charge on any atom is 0.325 e. The highest BCUT2D eigenvalue weighted by atomic mass is 35.5. The second kappa shape index (κ2) is 8.62. The van der Waals surface area contributed by atoms with E-state index in [0.29, 0.717) is 27.1 Å². The molecule has 1 N–H and O–H groups in total.